The number of hydrogen-bond donors (Lipinski definition) is 6. The normalized spacial score (nSPS) is 31.8. The first kappa shape index (κ1) is 26.5. The highest BCUT2D eigenvalue weighted by Crippen LogP contribution is 2.37. The van der Waals surface area contributed by atoms with Gasteiger partial charge in [-0.25, -0.2) is 0 Å². The minimum absolute atomic E-state index is 0.0371. The summed E-state index contributed by atoms with van der Waals surface area (Å²) in [5.74, 6) is -0.0495. The summed E-state index contributed by atoms with van der Waals surface area (Å²) in [5.41, 5.74) is 0.415. The molecule has 2 aliphatic rings. The molecule has 204 valence electrons. The molecule has 3 aromatic rings. The lowest BCUT2D eigenvalue weighted by Crippen LogP contribution is -2.60. The van der Waals surface area contributed by atoms with Gasteiger partial charge in [0.2, 0.25) is 6.29 Å². The SMILES string of the molecule is Cc1c(O[C@@H]2OC[C@@H](O)[C@H](O[C@@H]3OC[C@@H](O)[C@H](O)C3O)C2O)cc2oc(-c3ccccc3)cc(=O)c2c1O. The first-order valence-electron chi connectivity index (χ1n) is 12.0. The van der Waals surface area contributed by atoms with E-state index in [2.05, 4.69) is 0 Å². The van der Waals surface area contributed by atoms with Crippen LogP contribution in [0.1, 0.15) is 5.56 Å². The molecule has 0 amide bonds. The van der Waals surface area contributed by atoms with Crippen LogP contribution >= 0.6 is 0 Å². The summed E-state index contributed by atoms with van der Waals surface area (Å²) in [6.07, 6.45) is -11.7. The van der Waals surface area contributed by atoms with Crippen LogP contribution in [-0.2, 0) is 14.2 Å². The predicted molar refractivity (Wildman–Crippen MR) is 129 cm³/mol. The molecule has 12 heteroatoms. The Morgan fingerprint density at radius 1 is 0.868 bits per heavy atom. The van der Waals surface area contributed by atoms with Gasteiger partial charge in [-0.1, -0.05) is 30.3 Å². The highest BCUT2D eigenvalue weighted by atomic mass is 16.7. The Hall–Kier alpha value is -3.07. The fourth-order valence-electron chi connectivity index (χ4n) is 4.47. The second kappa shape index (κ2) is 10.6. The minimum Gasteiger partial charge on any atom is -0.507 e. The smallest absolute Gasteiger partial charge is 0.228 e. The van der Waals surface area contributed by atoms with E-state index in [1.807, 2.05) is 6.07 Å². The summed E-state index contributed by atoms with van der Waals surface area (Å²) in [4.78, 5) is 12.8. The molecule has 2 aliphatic heterocycles. The number of hydrogen-bond acceptors (Lipinski definition) is 12. The van der Waals surface area contributed by atoms with Crippen molar-refractivity contribution in [3.05, 3.63) is 58.3 Å². The standard InChI is InChI=1S/C26H28O12/c1-11-16(8-18-19(20(11)30)13(27)7-17(36-18)12-5-3-2-4-6-12)37-26-23(33)24(15(29)10-35-26)38-25-22(32)21(31)14(28)9-34-25/h2-8,14-15,21-26,28-33H,9-10H2,1H3/t14-,15-,21+,22?,23?,24+,25+,26+/m1/s1. The average Bonchev–Trinajstić information content (AvgIpc) is 2.91. The maximum absolute atomic E-state index is 12.8. The first-order valence-corrected chi connectivity index (χ1v) is 12.0. The maximum atomic E-state index is 12.8. The van der Waals surface area contributed by atoms with Crippen molar-refractivity contribution in [1.82, 2.24) is 0 Å². The van der Waals surface area contributed by atoms with E-state index < -0.39 is 54.6 Å². The Labute approximate surface area is 215 Å². The third-order valence-corrected chi connectivity index (χ3v) is 6.67. The van der Waals surface area contributed by atoms with E-state index in [0.29, 0.717) is 5.56 Å². The van der Waals surface area contributed by atoms with Gasteiger partial charge in [0.15, 0.2) is 11.7 Å². The third kappa shape index (κ3) is 4.88. The molecule has 38 heavy (non-hydrogen) atoms. The fourth-order valence-corrected chi connectivity index (χ4v) is 4.47. The van der Waals surface area contributed by atoms with Gasteiger partial charge in [-0.05, 0) is 6.92 Å². The molecule has 0 saturated carbocycles. The van der Waals surface area contributed by atoms with E-state index in [1.54, 1.807) is 24.3 Å². The molecule has 2 saturated heterocycles. The molecule has 2 fully saturated rings. The second-order valence-corrected chi connectivity index (χ2v) is 9.29. The Morgan fingerprint density at radius 2 is 1.55 bits per heavy atom. The largest absolute Gasteiger partial charge is 0.507 e. The molecular formula is C26H28O12. The first-order chi connectivity index (χ1) is 18.2. The van der Waals surface area contributed by atoms with E-state index >= 15 is 0 Å². The van der Waals surface area contributed by atoms with Crippen molar-refractivity contribution in [1.29, 1.82) is 0 Å². The molecule has 0 bridgehead atoms. The second-order valence-electron chi connectivity index (χ2n) is 9.29. The van der Waals surface area contributed by atoms with E-state index in [-0.39, 0.29) is 47.0 Å². The molecule has 0 spiro atoms. The molecule has 5 rings (SSSR count). The van der Waals surface area contributed by atoms with E-state index in [4.69, 9.17) is 23.4 Å². The quantitative estimate of drug-likeness (QED) is 0.253. The highest BCUT2D eigenvalue weighted by molar-refractivity contribution is 5.87. The van der Waals surface area contributed by atoms with Crippen LogP contribution in [0.25, 0.3) is 22.3 Å². The molecule has 12 nitrogen and oxygen atoms in total. The van der Waals surface area contributed by atoms with Gasteiger partial charge >= 0.3 is 0 Å². The Bertz CT molecular complexity index is 1340. The zero-order valence-electron chi connectivity index (χ0n) is 20.2. The zero-order chi connectivity index (χ0) is 27.1. The maximum Gasteiger partial charge on any atom is 0.228 e. The van der Waals surface area contributed by atoms with E-state index in [9.17, 15) is 35.4 Å². The van der Waals surface area contributed by atoms with Crippen LogP contribution in [-0.4, -0.2) is 93.1 Å². The summed E-state index contributed by atoms with van der Waals surface area (Å²) in [6.45, 7) is 0.849. The van der Waals surface area contributed by atoms with Crippen LogP contribution < -0.4 is 10.2 Å². The summed E-state index contributed by atoms with van der Waals surface area (Å²) in [6, 6.07) is 11.6. The van der Waals surface area contributed by atoms with Gasteiger partial charge in [0.25, 0.3) is 0 Å². The minimum atomic E-state index is -1.64. The van der Waals surface area contributed by atoms with Gasteiger partial charge in [0.1, 0.15) is 64.9 Å². The van der Waals surface area contributed by atoms with Crippen LogP contribution in [0, 0.1) is 6.92 Å². The molecule has 2 unspecified atom stereocenters. The van der Waals surface area contributed by atoms with Crippen molar-refractivity contribution in [2.24, 2.45) is 0 Å². The lowest BCUT2D eigenvalue weighted by atomic mass is 10.0. The number of fused-ring (bicyclic) bond motifs is 1. The Kier molecular flexibility index (Phi) is 7.40. The number of phenols is 1. The van der Waals surface area contributed by atoms with E-state index in [1.165, 1.54) is 19.1 Å². The zero-order valence-corrected chi connectivity index (χ0v) is 20.2. The van der Waals surface area contributed by atoms with Crippen molar-refractivity contribution in [2.45, 2.75) is 56.1 Å². The molecule has 0 radical (unpaired) electrons. The van der Waals surface area contributed by atoms with Crippen molar-refractivity contribution < 1.29 is 54.0 Å². The topological polar surface area (TPSA) is 189 Å². The fraction of sp³-hybridized carbons (Fsp3) is 0.423. The Morgan fingerprint density at radius 3 is 2.29 bits per heavy atom. The number of rotatable bonds is 5. The van der Waals surface area contributed by atoms with Gasteiger partial charge in [0.05, 0.1) is 13.2 Å². The van der Waals surface area contributed by atoms with Crippen LogP contribution in [0.4, 0.5) is 0 Å². The Balaban J connectivity index is 1.41. The molecule has 2 aromatic carbocycles. The third-order valence-electron chi connectivity index (χ3n) is 6.67. The van der Waals surface area contributed by atoms with Crippen molar-refractivity contribution in [2.75, 3.05) is 13.2 Å². The number of phenolic OH excluding ortho intramolecular Hbond substituents is 1. The number of aliphatic hydroxyl groups is 5. The number of benzene rings is 2. The van der Waals surface area contributed by atoms with Gasteiger partial charge < -0.3 is 54.0 Å². The van der Waals surface area contributed by atoms with Crippen LogP contribution in [0.2, 0.25) is 0 Å². The lowest BCUT2D eigenvalue weighted by molar-refractivity contribution is -0.326. The number of aliphatic hydroxyl groups excluding tert-OH is 5. The van der Waals surface area contributed by atoms with Crippen LogP contribution in [0.5, 0.6) is 11.5 Å². The molecule has 8 atom stereocenters. The van der Waals surface area contributed by atoms with Gasteiger partial charge in [-0.3, -0.25) is 4.79 Å². The molecule has 3 heterocycles. The predicted octanol–water partition coefficient (Wildman–Crippen LogP) is -0.245. The summed E-state index contributed by atoms with van der Waals surface area (Å²) in [7, 11) is 0. The monoisotopic (exact) mass is 532 g/mol. The van der Waals surface area contributed by atoms with Gasteiger partial charge in [-0.15, -0.1) is 0 Å². The van der Waals surface area contributed by atoms with Crippen molar-refractivity contribution >= 4 is 11.0 Å². The number of aromatic hydroxyl groups is 1. The van der Waals surface area contributed by atoms with E-state index in [0.717, 1.165) is 0 Å². The lowest BCUT2D eigenvalue weighted by Gasteiger charge is -2.42. The summed E-state index contributed by atoms with van der Waals surface area (Å²) in [5, 5.41) is 61.6. The molecule has 1 aromatic heterocycles. The molecular weight excluding hydrogens is 504 g/mol. The van der Waals surface area contributed by atoms with Crippen molar-refractivity contribution in [3.8, 4) is 22.8 Å². The van der Waals surface area contributed by atoms with Crippen molar-refractivity contribution in [3.63, 3.8) is 0 Å². The number of ether oxygens (including phenoxy) is 4. The summed E-state index contributed by atoms with van der Waals surface area (Å²) < 4.78 is 27.9. The average molecular weight is 532 g/mol. The molecule has 0 aliphatic carbocycles. The van der Waals surface area contributed by atoms with Crippen LogP contribution in [0.15, 0.2) is 51.7 Å². The molecule has 6 N–H and O–H groups in total. The van der Waals surface area contributed by atoms with Crippen LogP contribution in [0.3, 0.4) is 0 Å². The summed E-state index contributed by atoms with van der Waals surface area (Å²) >= 11 is 0. The van der Waals surface area contributed by atoms with Gasteiger partial charge in [0, 0.05) is 23.3 Å². The van der Waals surface area contributed by atoms with Gasteiger partial charge in [-0.2, -0.15) is 0 Å². The highest BCUT2D eigenvalue weighted by Gasteiger charge is 2.46.